The van der Waals surface area contributed by atoms with Gasteiger partial charge in [0.15, 0.2) is 0 Å². The van der Waals surface area contributed by atoms with Crippen molar-refractivity contribution in [3.05, 3.63) is 36.3 Å². The lowest BCUT2D eigenvalue weighted by atomic mass is 10.2. The van der Waals surface area contributed by atoms with Gasteiger partial charge in [-0.05, 0) is 18.2 Å². The van der Waals surface area contributed by atoms with Crippen LogP contribution in [0.3, 0.4) is 0 Å². The first kappa shape index (κ1) is 5.47. The third-order valence-electron chi connectivity index (χ3n) is 1.48. The zero-order valence-corrected chi connectivity index (χ0v) is 5.19. The summed E-state index contributed by atoms with van der Waals surface area (Å²) in [6.45, 7) is 0. The number of nitrogens with one attached hydrogen (secondary N) is 1. The molecule has 0 aliphatic carbocycles. The minimum absolute atomic E-state index is 0.199. The van der Waals surface area contributed by atoms with E-state index in [-0.39, 0.29) is 5.82 Å². The van der Waals surface area contributed by atoms with Crippen LogP contribution in [0.1, 0.15) is 0 Å². The quantitative estimate of drug-likeness (QED) is 0.568. The molecule has 0 fully saturated rings. The summed E-state index contributed by atoms with van der Waals surface area (Å²) in [4.78, 5) is 2.80. The third-order valence-corrected chi connectivity index (χ3v) is 1.48. The van der Waals surface area contributed by atoms with Gasteiger partial charge in [-0.1, -0.05) is 6.07 Å². The first-order valence-electron chi connectivity index (χ1n) is 3.01. The van der Waals surface area contributed by atoms with Crippen molar-refractivity contribution >= 4 is 10.9 Å². The molecule has 1 nitrogen and oxygen atoms in total. The van der Waals surface area contributed by atoms with Crippen LogP contribution >= 0.6 is 0 Å². The number of H-pyrrole nitrogens is 1. The maximum Gasteiger partial charge on any atom is 0.132 e. The summed E-state index contributed by atoms with van der Waals surface area (Å²) in [5.74, 6) is -0.199. The third kappa shape index (κ3) is 0.620. The molecule has 2 heteroatoms. The topological polar surface area (TPSA) is 15.8 Å². The molecular weight excluding hydrogens is 129 g/mol. The molecule has 2 aromatic rings. The fourth-order valence-corrected chi connectivity index (χ4v) is 0.979. The highest BCUT2D eigenvalue weighted by Crippen LogP contribution is 2.14. The van der Waals surface area contributed by atoms with E-state index in [0.29, 0.717) is 5.39 Å². The number of aromatic nitrogens is 1. The van der Waals surface area contributed by atoms with Gasteiger partial charge >= 0.3 is 0 Å². The van der Waals surface area contributed by atoms with E-state index in [1.165, 1.54) is 6.07 Å². The van der Waals surface area contributed by atoms with Crippen LogP contribution in [-0.4, -0.2) is 4.98 Å². The summed E-state index contributed by atoms with van der Waals surface area (Å²) < 4.78 is 12.8. The zero-order chi connectivity index (χ0) is 6.97. The predicted octanol–water partition coefficient (Wildman–Crippen LogP) is 2.11. The maximum absolute atomic E-state index is 12.8. The van der Waals surface area contributed by atoms with Gasteiger partial charge in [0, 0.05) is 10.9 Å². The van der Waals surface area contributed by atoms with E-state index >= 15 is 0 Å². The first-order chi connectivity index (χ1) is 4.88. The lowest BCUT2D eigenvalue weighted by molar-refractivity contribution is 0.640. The van der Waals surface area contributed by atoms with Gasteiger partial charge in [-0.15, -0.1) is 0 Å². The van der Waals surface area contributed by atoms with Crippen LogP contribution in [0.15, 0.2) is 24.3 Å². The Morgan fingerprint density at radius 3 is 3.10 bits per heavy atom. The minimum atomic E-state index is -0.199. The lowest BCUT2D eigenvalue weighted by Gasteiger charge is -1.88. The lowest BCUT2D eigenvalue weighted by Crippen LogP contribution is -1.72. The van der Waals surface area contributed by atoms with Crippen LogP contribution in [0, 0.1) is 12.0 Å². The van der Waals surface area contributed by atoms with Crippen LogP contribution in [0.2, 0.25) is 0 Å². The van der Waals surface area contributed by atoms with E-state index in [4.69, 9.17) is 0 Å². The molecule has 0 saturated carbocycles. The number of halogens is 1. The Bertz CT molecular complexity index is 351. The Morgan fingerprint density at radius 1 is 1.40 bits per heavy atom. The van der Waals surface area contributed by atoms with Crippen molar-refractivity contribution in [1.82, 2.24) is 4.98 Å². The SMILES string of the molecule is Fc1cccc2[nH][c]cc12. The van der Waals surface area contributed by atoms with E-state index in [9.17, 15) is 4.39 Å². The highest BCUT2D eigenvalue weighted by Gasteiger charge is 1.97. The maximum atomic E-state index is 12.8. The van der Waals surface area contributed by atoms with Crippen molar-refractivity contribution < 1.29 is 4.39 Å². The summed E-state index contributed by atoms with van der Waals surface area (Å²) in [7, 11) is 0. The zero-order valence-electron chi connectivity index (χ0n) is 5.19. The second-order valence-electron chi connectivity index (χ2n) is 2.11. The number of fused-ring (bicyclic) bond motifs is 1. The molecule has 0 spiro atoms. The number of aromatic amines is 1. The second kappa shape index (κ2) is 1.84. The van der Waals surface area contributed by atoms with E-state index in [0.717, 1.165) is 5.52 Å². The van der Waals surface area contributed by atoms with Gasteiger partial charge < -0.3 is 4.98 Å². The van der Waals surface area contributed by atoms with Crippen molar-refractivity contribution in [2.24, 2.45) is 0 Å². The molecule has 10 heavy (non-hydrogen) atoms. The highest BCUT2D eigenvalue weighted by molar-refractivity contribution is 5.79. The van der Waals surface area contributed by atoms with Crippen LogP contribution in [0.4, 0.5) is 4.39 Å². The Labute approximate surface area is 57.5 Å². The van der Waals surface area contributed by atoms with Crippen molar-refractivity contribution in [1.29, 1.82) is 0 Å². The number of benzene rings is 1. The van der Waals surface area contributed by atoms with Crippen molar-refractivity contribution in [2.45, 2.75) is 0 Å². The molecule has 49 valence electrons. The molecular formula is C8H5FN. The predicted molar refractivity (Wildman–Crippen MR) is 37.1 cm³/mol. The summed E-state index contributed by atoms with van der Waals surface area (Å²) in [6, 6.07) is 6.52. The number of hydrogen-bond donors (Lipinski definition) is 1. The van der Waals surface area contributed by atoms with Crippen molar-refractivity contribution in [3.8, 4) is 0 Å². The second-order valence-corrected chi connectivity index (χ2v) is 2.11. The van der Waals surface area contributed by atoms with Gasteiger partial charge in [0.1, 0.15) is 5.82 Å². The molecule has 1 aromatic carbocycles. The standard InChI is InChI=1S/C8H5FN/c9-7-2-1-3-8-6(7)4-5-10-8/h1-4,10H. The largest absolute Gasteiger partial charge is 0.353 e. The smallest absolute Gasteiger partial charge is 0.132 e. The first-order valence-corrected chi connectivity index (χ1v) is 3.01. The van der Waals surface area contributed by atoms with Crippen LogP contribution in [0.5, 0.6) is 0 Å². The number of rotatable bonds is 0. The van der Waals surface area contributed by atoms with E-state index in [1.54, 1.807) is 12.1 Å². The van der Waals surface area contributed by atoms with Gasteiger partial charge in [-0.2, -0.15) is 0 Å². The fraction of sp³-hybridized carbons (Fsp3) is 0. The summed E-state index contributed by atoms with van der Waals surface area (Å²) in [5.41, 5.74) is 0.792. The Kier molecular flexibility index (Phi) is 1.01. The van der Waals surface area contributed by atoms with Crippen LogP contribution in [0.25, 0.3) is 10.9 Å². The normalized spacial score (nSPS) is 10.5. The van der Waals surface area contributed by atoms with Gasteiger partial charge in [-0.3, -0.25) is 0 Å². The van der Waals surface area contributed by atoms with E-state index in [2.05, 4.69) is 11.2 Å². The molecule has 1 N–H and O–H groups in total. The van der Waals surface area contributed by atoms with Crippen LogP contribution in [-0.2, 0) is 0 Å². The monoisotopic (exact) mass is 134 g/mol. The molecule has 2 rings (SSSR count). The summed E-state index contributed by atoms with van der Waals surface area (Å²) >= 11 is 0. The molecule has 0 aliphatic heterocycles. The Balaban J connectivity index is 2.95. The van der Waals surface area contributed by atoms with Crippen LogP contribution < -0.4 is 0 Å². The Morgan fingerprint density at radius 2 is 2.30 bits per heavy atom. The fourth-order valence-electron chi connectivity index (χ4n) is 0.979. The molecule has 1 heterocycles. The number of hydrogen-bond acceptors (Lipinski definition) is 0. The van der Waals surface area contributed by atoms with Gasteiger partial charge in [0.25, 0.3) is 0 Å². The average molecular weight is 134 g/mol. The van der Waals surface area contributed by atoms with E-state index < -0.39 is 0 Å². The molecule has 0 aliphatic rings. The summed E-state index contributed by atoms with van der Waals surface area (Å²) in [5, 5.41) is 0.600. The molecule has 0 saturated heterocycles. The van der Waals surface area contributed by atoms with Gasteiger partial charge in [0.2, 0.25) is 0 Å². The minimum Gasteiger partial charge on any atom is -0.353 e. The highest BCUT2D eigenvalue weighted by atomic mass is 19.1. The summed E-state index contributed by atoms with van der Waals surface area (Å²) in [6.07, 6.45) is 2.71. The van der Waals surface area contributed by atoms with E-state index in [1.807, 2.05) is 6.07 Å². The van der Waals surface area contributed by atoms with Crippen molar-refractivity contribution in [2.75, 3.05) is 0 Å². The van der Waals surface area contributed by atoms with Gasteiger partial charge in [0.05, 0.1) is 6.20 Å². The van der Waals surface area contributed by atoms with Crippen molar-refractivity contribution in [3.63, 3.8) is 0 Å². The molecule has 0 bridgehead atoms. The molecule has 1 aromatic heterocycles. The molecule has 0 atom stereocenters. The molecule has 0 amide bonds. The Hall–Kier alpha value is -1.31. The average Bonchev–Trinajstić information content (AvgIpc) is 2.36. The molecule has 1 radical (unpaired) electrons. The van der Waals surface area contributed by atoms with Gasteiger partial charge in [-0.25, -0.2) is 4.39 Å². The molecule has 0 unspecified atom stereocenters.